The molecular weight excluding hydrogens is 400 g/mol. The summed E-state index contributed by atoms with van der Waals surface area (Å²) in [5, 5.41) is 0. The van der Waals surface area contributed by atoms with E-state index in [4.69, 9.17) is 4.74 Å². The smallest absolute Gasteiger partial charge is 0.0915 e. The Morgan fingerprint density at radius 3 is 1.30 bits per heavy atom. The van der Waals surface area contributed by atoms with Gasteiger partial charge in [0.15, 0.2) is 0 Å². The largest absolute Gasteiger partial charge is 0.364 e. The third-order valence-electron chi connectivity index (χ3n) is 7.45. The van der Waals surface area contributed by atoms with Gasteiger partial charge >= 0.3 is 0 Å². The number of rotatable bonds is 2. The number of fused-ring (bicyclic) bond motifs is 7. The van der Waals surface area contributed by atoms with Gasteiger partial charge in [-0.2, -0.15) is 0 Å². The lowest BCUT2D eigenvalue weighted by Gasteiger charge is -2.17. The molecule has 0 saturated carbocycles. The van der Waals surface area contributed by atoms with Crippen LogP contribution in [0.3, 0.4) is 0 Å². The van der Waals surface area contributed by atoms with Crippen molar-refractivity contribution in [2.24, 2.45) is 0 Å². The summed E-state index contributed by atoms with van der Waals surface area (Å²) in [6, 6.07) is 39.1. The van der Waals surface area contributed by atoms with Crippen molar-refractivity contribution in [2.75, 3.05) is 0 Å². The average Bonchev–Trinajstić information content (AvgIpc) is 3.49. The van der Waals surface area contributed by atoms with Crippen molar-refractivity contribution in [1.82, 2.24) is 0 Å². The van der Waals surface area contributed by atoms with Gasteiger partial charge in [-0.1, -0.05) is 109 Å². The summed E-state index contributed by atoms with van der Waals surface area (Å²) < 4.78 is 7.01. The van der Waals surface area contributed by atoms with Gasteiger partial charge in [-0.15, -0.1) is 0 Å². The molecule has 1 aliphatic heterocycles. The van der Waals surface area contributed by atoms with Gasteiger partial charge in [-0.25, -0.2) is 0 Å². The Morgan fingerprint density at radius 2 is 0.848 bits per heavy atom. The lowest BCUT2D eigenvalue weighted by Crippen LogP contribution is -2.12. The Morgan fingerprint density at radius 1 is 0.455 bits per heavy atom. The minimum Gasteiger partial charge on any atom is -0.364 e. The zero-order chi connectivity index (χ0) is 21.8. The molecule has 1 heterocycles. The van der Waals surface area contributed by atoms with Crippen molar-refractivity contribution in [1.29, 1.82) is 0 Å². The van der Waals surface area contributed by atoms with Crippen LogP contribution in [-0.2, 0) is 4.74 Å². The van der Waals surface area contributed by atoms with E-state index in [1.165, 1.54) is 44.5 Å². The molecule has 1 fully saturated rings. The minimum absolute atomic E-state index is 0.0742. The maximum atomic E-state index is 7.01. The minimum atomic E-state index is 0.0742. The molecule has 1 nitrogen and oxygen atoms in total. The summed E-state index contributed by atoms with van der Waals surface area (Å²) in [6.45, 7) is 0. The van der Waals surface area contributed by atoms with E-state index in [1.807, 2.05) is 0 Å². The normalized spacial score (nSPS) is 26.8. The standard InChI is InChI=1S/C32H24O/c1-3-11-21(12-4-1)19-27-23-15-7-9-17-25(23)29-30-26-18-10-8-16-24(26)28(32(30)33-31(27)29)20-22-13-5-2-6-14-22/h1-20,29-32H/b27-19-,28-20-/t29-,30+,31-,32-/m1/s1. The third-order valence-corrected chi connectivity index (χ3v) is 7.45. The van der Waals surface area contributed by atoms with Gasteiger partial charge in [0.05, 0.1) is 12.2 Å². The molecule has 3 aliphatic rings. The van der Waals surface area contributed by atoms with Gasteiger partial charge in [0, 0.05) is 11.8 Å². The van der Waals surface area contributed by atoms with Gasteiger partial charge in [0.2, 0.25) is 0 Å². The van der Waals surface area contributed by atoms with Crippen molar-refractivity contribution in [3.63, 3.8) is 0 Å². The van der Waals surface area contributed by atoms with Crippen molar-refractivity contribution in [3.8, 4) is 0 Å². The van der Waals surface area contributed by atoms with Crippen LogP contribution in [0.1, 0.15) is 45.2 Å². The zero-order valence-electron chi connectivity index (χ0n) is 18.3. The van der Waals surface area contributed by atoms with E-state index in [0.717, 1.165) is 0 Å². The maximum Gasteiger partial charge on any atom is 0.0915 e. The SMILES string of the molecule is C(=C1\c2ccccc2[C@@H]2[C@@H]3c4ccccc4/C(=C/c4ccccc4)[C@H]3O[C@H]12)/c1ccccc1. The zero-order valence-corrected chi connectivity index (χ0v) is 18.3. The molecule has 158 valence electrons. The Balaban J connectivity index is 1.40. The van der Waals surface area contributed by atoms with Gasteiger partial charge in [0.25, 0.3) is 0 Å². The lowest BCUT2D eigenvalue weighted by molar-refractivity contribution is 0.110. The first-order chi connectivity index (χ1) is 16.4. The van der Waals surface area contributed by atoms with Crippen molar-refractivity contribution >= 4 is 23.3 Å². The maximum absolute atomic E-state index is 7.01. The molecule has 1 saturated heterocycles. The fourth-order valence-corrected chi connectivity index (χ4v) is 6.14. The highest BCUT2D eigenvalue weighted by Crippen LogP contribution is 2.62. The molecule has 0 N–H and O–H groups in total. The second-order valence-corrected chi connectivity index (χ2v) is 9.22. The second-order valence-electron chi connectivity index (χ2n) is 9.22. The summed E-state index contributed by atoms with van der Waals surface area (Å²) in [4.78, 5) is 0. The van der Waals surface area contributed by atoms with Crippen LogP contribution in [0.2, 0.25) is 0 Å². The van der Waals surface area contributed by atoms with Crippen molar-refractivity contribution in [3.05, 3.63) is 143 Å². The predicted octanol–water partition coefficient (Wildman–Crippen LogP) is 7.43. The van der Waals surface area contributed by atoms with Crippen LogP contribution in [0.4, 0.5) is 0 Å². The molecule has 2 aliphatic carbocycles. The highest BCUT2D eigenvalue weighted by molar-refractivity contribution is 5.94. The summed E-state index contributed by atoms with van der Waals surface area (Å²) in [5.74, 6) is 0.674. The quantitative estimate of drug-likeness (QED) is 0.325. The molecule has 0 aromatic heterocycles. The molecule has 4 aromatic rings. The molecule has 7 rings (SSSR count). The highest BCUT2D eigenvalue weighted by atomic mass is 16.5. The van der Waals surface area contributed by atoms with Crippen LogP contribution in [0.25, 0.3) is 23.3 Å². The topological polar surface area (TPSA) is 9.23 Å². The molecule has 0 spiro atoms. The Bertz CT molecular complexity index is 1290. The van der Waals surface area contributed by atoms with Crippen LogP contribution in [0.5, 0.6) is 0 Å². The number of benzene rings is 4. The first kappa shape index (κ1) is 18.8. The first-order valence-corrected chi connectivity index (χ1v) is 11.8. The summed E-state index contributed by atoms with van der Waals surface area (Å²) >= 11 is 0. The third kappa shape index (κ3) is 2.90. The van der Waals surface area contributed by atoms with E-state index < -0.39 is 0 Å². The Hall–Kier alpha value is -3.68. The fourth-order valence-electron chi connectivity index (χ4n) is 6.14. The summed E-state index contributed by atoms with van der Waals surface area (Å²) in [7, 11) is 0. The predicted molar refractivity (Wildman–Crippen MR) is 136 cm³/mol. The van der Waals surface area contributed by atoms with Crippen molar-refractivity contribution in [2.45, 2.75) is 24.0 Å². The number of hydrogen-bond acceptors (Lipinski definition) is 1. The van der Waals surface area contributed by atoms with Gasteiger partial charge in [0.1, 0.15) is 0 Å². The Labute approximate surface area is 194 Å². The first-order valence-electron chi connectivity index (χ1n) is 11.8. The molecule has 0 bridgehead atoms. The average molecular weight is 425 g/mol. The molecule has 0 unspecified atom stereocenters. The molecule has 33 heavy (non-hydrogen) atoms. The number of hydrogen-bond donors (Lipinski definition) is 0. The van der Waals surface area contributed by atoms with Crippen molar-refractivity contribution < 1.29 is 4.74 Å². The molecule has 0 radical (unpaired) electrons. The van der Waals surface area contributed by atoms with E-state index in [0.29, 0.717) is 11.8 Å². The fraction of sp³-hybridized carbons (Fsp3) is 0.125. The Kier molecular flexibility index (Phi) is 4.25. The summed E-state index contributed by atoms with van der Waals surface area (Å²) in [6.07, 6.45) is 4.81. The van der Waals surface area contributed by atoms with E-state index in [2.05, 4.69) is 121 Å². The van der Waals surface area contributed by atoms with Gasteiger partial charge < -0.3 is 4.74 Å². The van der Waals surface area contributed by atoms with E-state index in [-0.39, 0.29) is 12.2 Å². The monoisotopic (exact) mass is 424 g/mol. The van der Waals surface area contributed by atoms with E-state index in [1.54, 1.807) is 0 Å². The summed E-state index contributed by atoms with van der Waals surface area (Å²) in [5.41, 5.74) is 10.6. The van der Waals surface area contributed by atoms with Crippen LogP contribution < -0.4 is 0 Å². The number of ether oxygens (including phenoxy) is 1. The lowest BCUT2D eigenvalue weighted by atomic mass is 9.83. The molecular formula is C32H24O. The molecule has 4 aromatic carbocycles. The van der Waals surface area contributed by atoms with Crippen LogP contribution in [0, 0.1) is 0 Å². The van der Waals surface area contributed by atoms with E-state index >= 15 is 0 Å². The van der Waals surface area contributed by atoms with Gasteiger partial charge in [-0.3, -0.25) is 0 Å². The highest BCUT2D eigenvalue weighted by Gasteiger charge is 2.56. The van der Waals surface area contributed by atoms with Crippen LogP contribution in [0.15, 0.2) is 109 Å². The molecule has 0 amide bonds. The molecule has 1 heteroatoms. The van der Waals surface area contributed by atoms with Crippen LogP contribution in [-0.4, -0.2) is 12.2 Å². The van der Waals surface area contributed by atoms with E-state index in [9.17, 15) is 0 Å². The molecule has 4 atom stereocenters. The second kappa shape index (κ2) is 7.43. The van der Waals surface area contributed by atoms with Crippen LogP contribution >= 0.6 is 0 Å². The van der Waals surface area contributed by atoms with Gasteiger partial charge in [-0.05, 0) is 56.7 Å².